The molecule has 0 radical (unpaired) electrons. The van der Waals surface area contributed by atoms with Crippen LogP contribution in [0.15, 0.2) is 48.8 Å². The molecule has 0 aliphatic rings. The zero-order valence-corrected chi connectivity index (χ0v) is 12.1. The van der Waals surface area contributed by atoms with Crippen LogP contribution in [0.5, 0.6) is 0 Å². The lowest BCUT2D eigenvalue weighted by Crippen LogP contribution is -2.23. The molecule has 0 unspecified atom stereocenters. The Morgan fingerprint density at radius 1 is 1.09 bits per heavy atom. The second kappa shape index (κ2) is 7.60. The van der Waals surface area contributed by atoms with Crippen molar-refractivity contribution in [2.24, 2.45) is 0 Å². The lowest BCUT2D eigenvalue weighted by molar-refractivity contribution is 0.0952. The normalized spacial score (nSPS) is 9.32. The molecule has 5 nitrogen and oxygen atoms in total. The molecule has 0 saturated carbocycles. The quantitative estimate of drug-likeness (QED) is 0.836. The Hall–Kier alpha value is -3.13. The van der Waals surface area contributed by atoms with E-state index in [2.05, 4.69) is 27.5 Å². The number of carbonyl (C=O) groups excluding carboxylic acids is 2. The lowest BCUT2D eigenvalue weighted by Gasteiger charge is -2.02. The van der Waals surface area contributed by atoms with Gasteiger partial charge in [0.05, 0.1) is 12.1 Å². The van der Waals surface area contributed by atoms with E-state index in [0.717, 1.165) is 0 Å². The minimum atomic E-state index is -0.212. The second-order valence-electron chi connectivity index (χ2n) is 4.35. The first-order valence-corrected chi connectivity index (χ1v) is 6.70. The summed E-state index contributed by atoms with van der Waals surface area (Å²) in [5.74, 6) is 5.34. The van der Waals surface area contributed by atoms with E-state index in [9.17, 15) is 9.59 Å². The number of nitrogens with zero attached hydrogens (tertiary/aromatic N) is 1. The highest BCUT2D eigenvalue weighted by Crippen LogP contribution is 2.06. The van der Waals surface area contributed by atoms with Crippen molar-refractivity contribution in [3.8, 4) is 11.8 Å². The van der Waals surface area contributed by atoms with Crippen molar-refractivity contribution >= 4 is 11.8 Å². The summed E-state index contributed by atoms with van der Waals surface area (Å²) >= 11 is 0. The number of pyridine rings is 1. The van der Waals surface area contributed by atoms with Gasteiger partial charge in [-0.05, 0) is 24.3 Å². The molecular formula is C17H15N3O2. The third kappa shape index (κ3) is 3.93. The van der Waals surface area contributed by atoms with Crippen LogP contribution in [0, 0.1) is 11.8 Å². The zero-order valence-electron chi connectivity index (χ0n) is 12.1. The molecule has 0 spiro atoms. The van der Waals surface area contributed by atoms with Gasteiger partial charge in [-0.2, -0.15) is 0 Å². The highest BCUT2D eigenvalue weighted by Gasteiger charge is 2.06. The lowest BCUT2D eigenvalue weighted by atomic mass is 10.1. The highest BCUT2D eigenvalue weighted by molar-refractivity contribution is 5.96. The third-order valence-electron chi connectivity index (χ3n) is 2.90. The Bertz CT molecular complexity index is 730. The molecule has 0 aliphatic heterocycles. The van der Waals surface area contributed by atoms with Crippen LogP contribution >= 0.6 is 0 Å². The zero-order chi connectivity index (χ0) is 15.8. The molecule has 0 atom stereocenters. The number of hydrogen-bond donors (Lipinski definition) is 2. The fraction of sp³-hybridized carbons (Fsp3) is 0.118. The fourth-order valence-electron chi connectivity index (χ4n) is 1.79. The summed E-state index contributed by atoms with van der Waals surface area (Å²) in [5, 5.41) is 5.26. The number of aromatic nitrogens is 1. The standard InChI is InChI=1S/C17H15N3O2/c1-18-17(22)15-7-3-2-5-13(15)6-4-10-20-16(21)14-8-11-19-12-9-14/h2-3,5,7-9,11-12H,10H2,1H3,(H,18,22)(H,20,21). The number of carbonyl (C=O) groups is 2. The van der Waals surface area contributed by atoms with Gasteiger partial charge in [0, 0.05) is 30.6 Å². The van der Waals surface area contributed by atoms with Gasteiger partial charge in [0.25, 0.3) is 11.8 Å². The summed E-state index contributed by atoms with van der Waals surface area (Å²) in [4.78, 5) is 27.4. The van der Waals surface area contributed by atoms with E-state index < -0.39 is 0 Å². The maximum Gasteiger partial charge on any atom is 0.252 e. The molecule has 1 aromatic carbocycles. The van der Waals surface area contributed by atoms with Gasteiger partial charge in [0.1, 0.15) is 0 Å². The van der Waals surface area contributed by atoms with E-state index in [4.69, 9.17) is 0 Å². The molecule has 2 amide bonds. The Morgan fingerprint density at radius 3 is 2.55 bits per heavy atom. The van der Waals surface area contributed by atoms with Crippen LogP contribution in [-0.4, -0.2) is 30.4 Å². The van der Waals surface area contributed by atoms with Gasteiger partial charge in [0.2, 0.25) is 0 Å². The van der Waals surface area contributed by atoms with Crippen molar-refractivity contribution in [1.29, 1.82) is 0 Å². The summed E-state index contributed by atoms with van der Waals surface area (Å²) in [7, 11) is 1.57. The number of hydrogen-bond acceptors (Lipinski definition) is 3. The summed E-state index contributed by atoms with van der Waals surface area (Å²) in [6, 6.07) is 10.3. The summed E-state index contributed by atoms with van der Waals surface area (Å²) in [6.07, 6.45) is 3.11. The number of amides is 2. The maximum atomic E-state index is 11.8. The Balaban J connectivity index is 2.00. The number of benzene rings is 1. The van der Waals surface area contributed by atoms with Gasteiger partial charge < -0.3 is 10.6 Å². The minimum Gasteiger partial charge on any atom is -0.355 e. The van der Waals surface area contributed by atoms with Crippen LogP contribution in [0.1, 0.15) is 26.3 Å². The van der Waals surface area contributed by atoms with Crippen LogP contribution in [0.4, 0.5) is 0 Å². The van der Waals surface area contributed by atoms with E-state index in [0.29, 0.717) is 16.7 Å². The van der Waals surface area contributed by atoms with Crippen LogP contribution in [0.3, 0.4) is 0 Å². The van der Waals surface area contributed by atoms with Gasteiger partial charge >= 0.3 is 0 Å². The van der Waals surface area contributed by atoms with Gasteiger partial charge in [0.15, 0.2) is 0 Å². The topological polar surface area (TPSA) is 71.1 Å². The molecule has 0 saturated heterocycles. The first-order valence-electron chi connectivity index (χ1n) is 6.70. The molecule has 0 aliphatic carbocycles. The van der Waals surface area contributed by atoms with Crippen LogP contribution in [0.2, 0.25) is 0 Å². The van der Waals surface area contributed by atoms with E-state index in [1.165, 1.54) is 0 Å². The van der Waals surface area contributed by atoms with Crippen LogP contribution < -0.4 is 10.6 Å². The average Bonchev–Trinajstić information content (AvgIpc) is 2.59. The predicted octanol–water partition coefficient (Wildman–Crippen LogP) is 1.22. The highest BCUT2D eigenvalue weighted by atomic mass is 16.2. The first kappa shape index (κ1) is 15.3. The third-order valence-corrected chi connectivity index (χ3v) is 2.90. The van der Waals surface area contributed by atoms with Crippen LogP contribution in [0.25, 0.3) is 0 Å². The average molecular weight is 293 g/mol. The Labute approximate surface area is 128 Å². The molecule has 2 N–H and O–H groups in total. The van der Waals surface area contributed by atoms with Gasteiger partial charge in [-0.3, -0.25) is 14.6 Å². The molecule has 1 heterocycles. The Kier molecular flexibility index (Phi) is 5.27. The van der Waals surface area contributed by atoms with Crippen molar-refractivity contribution < 1.29 is 9.59 Å². The minimum absolute atomic E-state index is 0.189. The van der Waals surface area contributed by atoms with Crippen molar-refractivity contribution in [2.45, 2.75) is 0 Å². The van der Waals surface area contributed by atoms with E-state index >= 15 is 0 Å². The van der Waals surface area contributed by atoms with Gasteiger partial charge in [-0.25, -0.2) is 0 Å². The van der Waals surface area contributed by atoms with Crippen LogP contribution in [-0.2, 0) is 0 Å². The molecule has 2 aromatic rings. The molecule has 0 fully saturated rings. The van der Waals surface area contributed by atoms with E-state index in [1.54, 1.807) is 49.8 Å². The molecule has 0 bridgehead atoms. The van der Waals surface area contributed by atoms with Crippen molar-refractivity contribution in [2.75, 3.05) is 13.6 Å². The SMILES string of the molecule is CNC(=O)c1ccccc1C#CCNC(=O)c1ccncc1. The van der Waals surface area contributed by atoms with Gasteiger partial charge in [-0.15, -0.1) is 0 Å². The molecule has 22 heavy (non-hydrogen) atoms. The summed E-state index contributed by atoms with van der Waals surface area (Å²) in [5.41, 5.74) is 1.67. The second-order valence-corrected chi connectivity index (χ2v) is 4.35. The molecule has 5 heteroatoms. The first-order chi connectivity index (χ1) is 10.7. The summed E-state index contributed by atoms with van der Waals surface area (Å²) in [6.45, 7) is 0.198. The smallest absolute Gasteiger partial charge is 0.252 e. The molecule has 110 valence electrons. The van der Waals surface area contributed by atoms with Gasteiger partial charge in [-0.1, -0.05) is 24.0 Å². The summed E-state index contributed by atoms with van der Waals surface area (Å²) < 4.78 is 0. The van der Waals surface area contributed by atoms with Crippen molar-refractivity contribution in [1.82, 2.24) is 15.6 Å². The van der Waals surface area contributed by atoms with E-state index in [1.807, 2.05) is 6.07 Å². The predicted molar refractivity (Wildman–Crippen MR) is 83.3 cm³/mol. The van der Waals surface area contributed by atoms with E-state index in [-0.39, 0.29) is 18.4 Å². The molecule has 2 rings (SSSR count). The molecule has 1 aromatic heterocycles. The van der Waals surface area contributed by atoms with Crippen molar-refractivity contribution in [3.05, 3.63) is 65.5 Å². The maximum absolute atomic E-state index is 11.8. The largest absolute Gasteiger partial charge is 0.355 e. The monoisotopic (exact) mass is 293 g/mol. The Morgan fingerprint density at radius 2 is 1.82 bits per heavy atom. The molecular weight excluding hydrogens is 278 g/mol. The fourth-order valence-corrected chi connectivity index (χ4v) is 1.79. The number of rotatable bonds is 3. The van der Waals surface area contributed by atoms with Crippen molar-refractivity contribution in [3.63, 3.8) is 0 Å². The number of nitrogens with one attached hydrogen (secondary N) is 2.